The maximum Gasteiger partial charge on any atom is 0.278 e. The van der Waals surface area contributed by atoms with Crippen molar-refractivity contribution in [3.05, 3.63) is 41.6 Å². The molecule has 4 N–H and O–H groups in total. The lowest BCUT2D eigenvalue weighted by atomic mass is 10.1. The number of aromatic nitrogens is 2. The summed E-state index contributed by atoms with van der Waals surface area (Å²) in [6.07, 6.45) is 1.36. The number of aromatic amines is 1. The molecule has 19 heavy (non-hydrogen) atoms. The van der Waals surface area contributed by atoms with Crippen molar-refractivity contribution in [1.29, 1.82) is 0 Å². The Hall–Kier alpha value is -1.93. The number of thiocarbonyl (C=S) groups is 1. The van der Waals surface area contributed by atoms with Gasteiger partial charge < -0.3 is 5.73 Å². The molecular formula is C11H12N4O2S2. The van der Waals surface area contributed by atoms with Gasteiger partial charge in [0.15, 0.2) is 5.03 Å². The van der Waals surface area contributed by atoms with E-state index in [1.165, 1.54) is 12.3 Å². The maximum absolute atomic E-state index is 12.1. The van der Waals surface area contributed by atoms with Crippen LogP contribution in [0.15, 0.2) is 35.5 Å². The Morgan fingerprint density at radius 1 is 1.42 bits per heavy atom. The third-order valence-corrected chi connectivity index (χ3v) is 4.03. The Morgan fingerprint density at radius 2 is 2.16 bits per heavy atom. The van der Waals surface area contributed by atoms with E-state index in [2.05, 4.69) is 14.9 Å². The van der Waals surface area contributed by atoms with Gasteiger partial charge in [0.05, 0.1) is 11.9 Å². The van der Waals surface area contributed by atoms with Gasteiger partial charge in [0.25, 0.3) is 10.0 Å². The van der Waals surface area contributed by atoms with Crippen LogP contribution < -0.4 is 10.5 Å². The van der Waals surface area contributed by atoms with Crippen LogP contribution in [-0.2, 0) is 10.0 Å². The highest BCUT2D eigenvalue weighted by atomic mass is 32.2. The van der Waals surface area contributed by atoms with Crippen LogP contribution in [0.2, 0.25) is 0 Å². The standard InChI is InChI=1S/C11H12N4O2S2/c1-7-3-2-4-8(10(7)11(12)18)15-19(16,17)9-5-6-13-14-9/h2-6,15H,1H3,(H2,12,18)(H,13,14). The van der Waals surface area contributed by atoms with Gasteiger partial charge >= 0.3 is 0 Å². The predicted molar refractivity (Wildman–Crippen MR) is 76.5 cm³/mol. The molecule has 0 spiro atoms. The molecule has 1 heterocycles. The number of nitrogens with zero attached hydrogens (tertiary/aromatic N) is 1. The van der Waals surface area contributed by atoms with Crippen LogP contribution in [0.25, 0.3) is 0 Å². The van der Waals surface area contributed by atoms with Crippen LogP contribution in [0.1, 0.15) is 11.1 Å². The Labute approximate surface area is 116 Å². The van der Waals surface area contributed by atoms with E-state index in [4.69, 9.17) is 18.0 Å². The van der Waals surface area contributed by atoms with Crippen LogP contribution in [0.4, 0.5) is 5.69 Å². The molecule has 1 aromatic heterocycles. The zero-order valence-corrected chi connectivity index (χ0v) is 11.7. The number of nitrogens with two attached hydrogens (primary N) is 1. The summed E-state index contributed by atoms with van der Waals surface area (Å²) in [6.45, 7) is 1.81. The summed E-state index contributed by atoms with van der Waals surface area (Å²) in [5.74, 6) is 0. The molecule has 0 unspecified atom stereocenters. The number of rotatable bonds is 4. The molecule has 0 aliphatic carbocycles. The Kier molecular flexibility index (Phi) is 3.54. The summed E-state index contributed by atoms with van der Waals surface area (Å²) in [5.41, 5.74) is 7.30. The average Bonchev–Trinajstić information content (AvgIpc) is 2.81. The quantitative estimate of drug-likeness (QED) is 0.735. The second-order valence-corrected chi connectivity index (χ2v) is 5.98. The first-order valence-electron chi connectivity index (χ1n) is 5.33. The molecule has 0 radical (unpaired) electrons. The molecule has 0 atom stereocenters. The Balaban J connectivity index is 2.45. The maximum atomic E-state index is 12.1. The van der Waals surface area contributed by atoms with Crippen molar-refractivity contribution in [2.24, 2.45) is 5.73 Å². The number of sulfonamides is 1. The van der Waals surface area contributed by atoms with E-state index in [1.54, 1.807) is 12.1 Å². The van der Waals surface area contributed by atoms with E-state index >= 15 is 0 Å². The molecule has 2 aromatic rings. The van der Waals surface area contributed by atoms with Crippen molar-refractivity contribution < 1.29 is 8.42 Å². The van der Waals surface area contributed by atoms with Crippen LogP contribution in [0.3, 0.4) is 0 Å². The highest BCUT2D eigenvalue weighted by Gasteiger charge is 2.18. The second kappa shape index (κ2) is 4.98. The van der Waals surface area contributed by atoms with Crippen molar-refractivity contribution in [2.75, 3.05) is 4.72 Å². The molecule has 6 nitrogen and oxygen atoms in total. The van der Waals surface area contributed by atoms with Crippen LogP contribution in [-0.4, -0.2) is 23.6 Å². The van der Waals surface area contributed by atoms with Gasteiger partial charge in [0.1, 0.15) is 4.99 Å². The molecule has 0 saturated heterocycles. The molecule has 0 amide bonds. The number of nitrogens with one attached hydrogen (secondary N) is 2. The summed E-state index contributed by atoms with van der Waals surface area (Å²) < 4.78 is 26.6. The van der Waals surface area contributed by atoms with E-state index in [0.717, 1.165) is 5.56 Å². The van der Waals surface area contributed by atoms with Crippen molar-refractivity contribution in [3.63, 3.8) is 0 Å². The molecule has 0 saturated carbocycles. The lowest BCUT2D eigenvalue weighted by Crippen LogP contribution is -2.19. The minimum atomic E-state index is -3.73. The topological polar surface area (TPSA) is 101 Å². The molecule has 0 aliphatic rings. The molecule has 1 aromatic carbocycles. The van der Waals surface area contributed by atoms with Gasteiger partial charge in [0.2, 0.25) is 0 Å². The molecular weight excluding hydrogens is 284 g/mol. The van der Waals surface area contributed by atoms with Crippen molar-refractivity contribution in [1.82, 2.24) is 10.2 Å². The Bertz CT molecular complexity index is 708. The van der Waals surface area contributed by atoms with Gasteiger partial charge in [-0.1, -0.05) is 24.4 Å². The van der Waals surface area contributed by atoms with E-state index in [9.17, 15) is 8.42 Å². The third-order valence-electron chi connectivity index (χ3n) is 2.53. The minimum absolute atomic E-state index is 0.0251. The zero-order valence-electron chi connectivity index (χ0n) is 10.0. The summed E-state index contributed by atoms with van der Waals surface area (Å²) in [6, 6.07) is 6.50. The van der Waals surface area contributed by atoms with E-state index in [0.29, 0.717) is 11.3 Å². The van der Waals surface area contributed by atoms with E-state index < -0.39 is 10.0 Å². The minimum Gasteiger partial charge on any atom is -0.389 e. The smallest absolute Gasteiger partial charge is 0.278 e. The summed E-state index contributed by atoms with van der Waals surface area (Å²) in [5, 5.41) is 5.98. The molecule has 100 valence electrons. The normalized spacial score (nSPS) is 11.2. The number of aryl methyl sites for hydroxylation is 1. The Morgan fingerprint density at radius 3 is 2.74 bits per heavy atom. The SMILES string of the molecule is Cc1cccc(NS(=O)(=O)c2ccn[nH]2)c1C(N)=S. The van der Waals surface area contributed by atoms with Gasteiger partial charge in [-0.25, -0.2) is 0 Å². The van der Waals surface area contributed by atoms with Crippen LogP contribution in [0.5, 0.6) is 0 Å². The second-order valence-electron chi connectivity index (χ2n) is 3.89. The number of hydrogen-bond acceptors (Lipinski definition) is 4. The van der Waals surface area contributed by atoms with Gasteiger partial charge in [-0.15, -0.1) is 0 Å². The first-order valence-corrected chi connectivity index (χ1v) is 7.22. The fraction of sp³-hybridized carbons (Fsp3) is 0.0909. The first-order chi connectivity index (χ1) is 8.92. The lowest BCUT2D eigenvalue weighted by Gasteiger charge is -2.12. The van der Waals surface area contributed by atoms with Crippen molar-refractivity contribution >= 4 is 32.9 Å². The fourth-order valence-electron chi connectivity index (χ4n) is 1.67. The summed E-state index contributed by atoms with van der Waals surface area (Å²) >= 11 is 4.95. The van der Waals surface area contributed by atoms with Crippen LogP contribution >= 0.6 is 12.2 Å². The predicted octanol–water partition coefficient (Wildman–Crippen LogP) is 1.15. The van der Waals surface area contributed by atoms with Crippen molar-refractivity contribution in [3.8, 4) is 0 Å². The highest BCUT2D eigenvalue weighted by molar-refractivity contribution is 7.92. The first kappa shape index (κ1) is 13.5. The van der Waals surface area contributed by atoms with E-state index in [1.807, 2.05) is 13.0 Å². The molecule has 0 aliphatic heterocycles. The summed E-state index contributed by atoms with van der Waals surface area (Å²) in [4.78, 5) is 0.139. The van der Waals surface area contributed by atoms with Gasteiger partial charge in [0, 0.05) is 5.56 Å². The number of hydrogen-bond donors (Lipinski definition) is 3. The number of anilines is 1. The molecule has 0 bridgehead atoms. The summed E-state index contributed by atoms with van der Waals surface area (Å²) in [7, 11) is -3.73. The zero-order chi connectivity index (χ0) is 14.0. The molecule has 0 fully saturated rings. The largest absolute Gasteiger partial charge is 0.389 e. The monoisotopic (exact) mass is 296 g/mol. The molecule has 8 heteroatoms. The number of H-pyrrole nitrogens is 1. The lowest BCUT2D eigenvalue weighted by molar-refractivity contribution is 0.597. The van der Waals surface area contributed by atoms with Crippen LogP contribution in [0, 0.1) is 6.92 Å². The number of benzene rings is 1. The van der Waals surface area contributed by atoms with E-state index in [-0.39, 0.29) is 10.0 Å². The van der Waals surface area contributed by atoms with Gasteiger partial charge in [-0.05, 0) is 24.6 Å². The fourth-order valence-corrected chi connectivity index (χ4v) is 2.93. The molecule has 2 rings (SSSR count). The average molecular weight is 296 g/mol. The van der Waals surface area contributed by atoms with Gasteiger partial charge in [-0.2, -0.15) is 13.5 Å². The van der Waals surface area contributed by atoms with Crippen molar-refractivity contribution in [2.45, 2.75) is 11.9 Å². The van der Waals surface area contributed by atoms with Gasteiger partial charge in [-0.3, -0.25) is 9.82 Å². The highest BCUT2D eigenvalue weighted by Crippen LogP contribution is 2.22. The third kappa shape index (κ3) is 2.74.